The average molecular weight is 669 g/mol. The monoisotopic (exact) mass is 667 g/mol. The third-order valence-corrected chi connectivity index (χ3v) is 9.63. The van der Waals surface area contributed by atoms with Gasteiger partial charge in [-0.1, -0.05) is 64.5 Å². The van der Waals surface area contributed by atoms with Crippen LogP contribution in [0.5, 0.6) is 11.5 Å². The molecule has 5 aromatic rings. The van der Waals surface area contributed by atoms with Crippen molar-refractivity contribution >= 4 is 74.5 Å². The molecule has 4 heterocycles. The van der Waals surface area contributed by atoms with Gasteiger partial charge in [-0.05, 0) is 61.4 Å². The summed E-state index contributed by atoms with van der Waals surface area (Å²) in [5.74, 6) is -1.66. The number of benzene rings is 2. The van der Waals surface area contributed by atoms with Crippen molar-refractivity contribution in [3.63, 3.8) is 0 Å². The molecule has 0 spiro atoms. The molecule has 2 N–H and O–H groups in total. The molecule has 44 heavy (non-hydrogen) atoms. The van der Waals surface area contributed by atoms with Gasteiger partial charge in [0.25, 0.3) is 5.78 Å². The highest BCUT2D eigenvalue weighted by atomic mass is 35.5. The van der Waals surface area contributed by atoms with Gasteiger partial charge in [0.05, 0.1) is 23.9 Å². The molecule has 1 fully saturated rings. The number of aliphatic hydroxyl groups is 1. The Bertz CT molecular complexity index is 1970. The van der Waals surface area contributed by atoms with E-state index >= 15 is 0 Å². The minimum absolute atomic E-state index is 0.111. The van der Waals surface area contributed by atoms with Crippen LogP contribution >= 0.6 is 46.3 Å². The Morgan fingerprint density at radius 3 is 2.70 bits per heavy atom. The van der Waals surface area contributed by atoms with Gasteiger partial charge in [-0.15, -0.1) is 10.2 Å². The lowest BCUT2D eigenvalue weighted by molar-refractivity contribution is -0.132. The fourth-order valence-corrected chi connectivity index (χ4v) is 7.41. The molecule has 224 valence electrons. The number of fused-ring (bicyclic) bond motifs is 1. The molecular weight excluding hydrogens is 645 g/mol. The van der Waals surface area contributed by atoms with Gasteiger partial charge in [0.1, 0.15) is 11.3 Å². The summed E-state index contributed by atoms with van der Waals surface area (Å²) in [5.41, 5.74) is 2.40. The van der Waals surface area contributed by atoms with Crippen molar-refractivity contribution in [3.05, 3.63) is 98.9 Å². The molecule has 3 aromatic heterocycles. The number of carbonyl (C=O) groups is 2. The number of imidazole rings is 1. The standard InChI is InChI=1S/C30H23Cl2N5O5S2/c1-3-42-21-12-16(8-10-20(21)38)25-23(26(39)24-15(2)33-22-6-4-5-11-36(22)24)27(40)28(41)37(25)29-34-35-30(44-29)43-14-17-7-9-18(31)13-19(17)32/h4-13,25,38-39H,3,14H2,1-2H3/b26-23+. The molecule has 1 aliphatic heterocycles. The molecule has 14 heteroatoms. The maximum absolute atomic E-state index is 13.7. The Kier molecular flexibility index (Phi) is 8.25. The first-order valence-corrected chi connectivity index (χ1v) is 15.8. The van der Waals surface area contributed by atoms with Crippen LogP contribution in [0.15, 0.2) is 70.7 Å². The van der Waals surface area contributed by atoms with Crippen LogP contribution in [0, 0.1) is 6.92 Å². The molecule has 0 saturated carbocycles. The highest BCUT2D eigenvalue weighted by molar-refractivity contribution is 8.00. The number of amides is 1. The van der Waals surface area contributed by atoms with E-state index in [4.69, 9.17) is 27.9 Å². The summed E-state index contributed by atoms with van der Waals surface area (Å²) in [6, 6.07) is 14.0. The number of ketones is 1. The third-order valence-electron chi connectivity index (χ3n) is 6.94. The Morgan fingerprint density at radius 1 is 1.11 bits per heavy atom. The number of Topliss-reactive ketones (excluding diaryl/α,β-unsaturated/α-hetero) is 1. The molecule has 0 radical (unpaired) electrons. The lowest BCUT2D eigenvalue weighted by Crippen LogP contribution is -2.29. The topological polar surface area (TPSA) is 130 Å². The zero-order valence-corrected chi connectivity index (χ0v) is 26.3. The van der Waals surface area contributed by atoms with E-state index < -0.39 is 23.5 Å². The predicted octanol–water partition coefficient (Wildman–Crippen LogP) is 6.82. The molecular formula is C30H23Cl2N5O5S2. The molecule has 0 aliphatic carbocycles. The van der Waals surface area contributed by atoms with E-state index in [1.165, 1.54) is 28.8 Å². The Morgan fingerprint density at radius 2 is 1.93 bits per heavy atom. The summed E-state index contributed by atoms with van der Waals surface area (Å²) in [6.45, 7) is 3.75. The first-order chi connectivity index (χ1) is 21.2. The van der Waals surface area contributed by atoms with Crippen LogP contribution < -0.4 is 9.64 Å². The van der Waals surface area contributed by atoms with Crippen LogP contribution in [0.2, 0.25) is 10.0 Å². The Balaban J connectivity index is 1.46. The molecule has 0 bridgehead atoms. The molecule has 1 aliphatic rings. The van der Waals surface area contributed by atoms with Crippen LogP contribution in [0.25, 0.3) is 11.4 Å². The van der Waals surface area contributed by atoms with Crippen molar-refractivity contribution in [2.75, 3.05) is 11.5 Å². The molecule has 1 saturated heterocycles. The van der Waals surface area contributed by atoms with Gasteiger partial charge in [-0.25, -0.2) is 4.98 Å². The molecule has 1 unspecified atom stereocenters. The minimum atomic E-state index is -1.11. The number of aliphatic hydroxyl groups excluding tert-OH is 1. The number of aryl methyl sites for hydroxylation is 1. The summed E-state index contributed by atoms with van der Waals surface area (Å²) in [7, 11) is 0. The SMILES string of the molecule is CCOc1cc(C2/C(=C(\O)c3c(C)nc4ccccn34)C(=O)C(=O)N2c2nnc(SCc3ccc(Cl)cc3Cl)s2)ccc1O. The van der Waals surface area contributed by atoms with E-state index in [2.05, 4.69) is 15.2 Å². The normalized spacial score (nSPS) is 16.3. The van der Waals surface area contributed by atoms with E-state index in [9.17, 15) is 19.8 Å². The van der Waals surface area contributed by atoms with Crippen LogP contribution in [0.3, 0.4) is 0 Å². The van der Waals surface area contributed by atoms with E-state index in [1.807, 2.05) is 12.1 Å². The summed E-state index contributed by atoms with van der Waals surface area (Å²) in [5, 5.41) is 31.8. The van der Waals surface area contributed by atoms with Crippen molar-refractivity contribution in [1.29, 1.82) is 0 Å². The third kappa shape index (κ3) is 5.38. The fraction of sp³-hybridized carbons (Fsp3) is 0.167. The van der Waals surface area contributed by atoms with E-state index in [0.717, 1.165) is 16.9 Å². The number of aromatic nitrogens is 4. The Hall–Kier alpha value is -4.10. The number of pyridine rings is 1. The molecule has 2 aromatic carbocycles. The number of hydrogen-bond donors (Lipinski definition) is 2. The quantitative estimate of drug-likeness (QED) is 0.0601. The fourth-order valence-electron chi connectivity index (χ4n) is 4.98. The van der Waals surface area contributed by atoms with E-state index in [-0.39, 0.29) is 34.5 Å². The summed E-state index contributed by atoms with van der Waals surface area (Å²) < 4.78 is 7.78. The van der Waals surface area contributed by atoms with Crippen molar-refractivity contribution in [3.8, 4) is 11.5 Å². The summed E-state index contributed by atoms with van der Waals surface area (Å²) in [4.78, 5) is 33.1. The lowest BCUT2D eigenvalue weighted by atomic mass is 9.96. The number of halogens is 2. The number of hydrogen-bond acceptors (Lipinski definition) is 10. The summed E-state index contributed by atoms with van der Waals surface area (Å²) >= 11 is 14.8. The van der Waals surface area contributed by atoms with Gasteiger partial charge in [-0.3, -0.25) is 18.9 Å². The molecule has 1 atom stereocenters. The largest absolute Gasteiger partial charge is 0.505 e. The number of phenolic OH excluding ortho intramolecular Hbond substituents is 1. The number of thioether (sulfide) groups is 1. The van der Waals surface area contributed by atoms with Crippen LogP contribution in [0.4, 0.5) is 5.13 Å². The maximum atomic E-state index is 13.7. The first kappa shape index (κ1) is 29.9. The predicted molar refractivity (Wildman–Crippen MR) is 170 cm³/mol. The second kappa shape index (κ2) is 12.1. The van der Waals surface area contributed by atoms with E-state index in [1.54, 1.807) is 54.8 Å². The van der Waals surface area contributed by atoms with Crippen LogP contribution in [0.1, 0.15) is 35.5 Å². The highest BCUT2D eigenvalue weighted by Gasteiger charge is 2.49. The summed E-state index contributed by atoms with van der Waals surface area (Å²) in [6.07, 6.45) is 1.71. The van der Waals surface area contributed by atoms with Gasteiger partial charge >= 0.3 is 5.91 Å². The number of ether oxygens (including phenoxy) is 1. The number of rotatable bonds is 8. The zero-order chi connectivity index (χ0) is 31.1. The number of aromatic hydroxyl groups is 1. The highest BCUT2D eigenvalue weighted by Crippen LogP contribution is 2.46. The van der Waals surface area contributed by atoms with Gasteiger partial charge in [0.2, 0.25) is 5.13 Å². The van der Waals surface area contributed by atoms with Gasteiger partial charge in [0.15, 0.2) is 21.6 Å². The molecule has 1 amide bonds. The van der Waals surface area contributed by atoms with Crippen LogP contribution in [-0.2, 0) is 15.3 Å². The number of nitrogens with zero attached hydrogens (tertiary/aromatic N) is 5. The second-order valence-corrected chi connectivity index (χ2v) is 12.7. The number of anilines is 1. The van der Waals surface area contributed by atoms with Gasteiger partial charge in [0, 0.05) is 22.0 Å². The zero-order valence-electron chi connectivity index (χ0n) is 23.2. The van der Waals surface area contributed by atoms with Crippen LogP contribution in [-0.4, -0.2) is 48.1 Å². The average Bonchev–Trinajstić information content (AvgIpc) is 3.67. The van der Waals surface area contributed by atoms with Crippen molar-refractivity contribution in [1.82, 2.24) is 19.6 Å². The van der Waals surface area contributed by atoms with E-state index in [0.29, 0.717) is 37.0 Å². The molecule has 10 nitrogen and oxygen atoms in total. The maximum Gasteiger partial charge on any atom is 0.301 e. The molecule has 6 rings (SSSR count). The number of phenols is 1. The lowest BCUT2D eigenvalue weighted by Gasteiger charge is -2.23. The van der Waals surface area contributed by atoms with Gasteiger partial charge < -0.3 is 14.9 Å². The minimum Gasteiger partial charge on any atom is -0.505 e. The van der Waals surface area contributed by atoms with Gasteiger partial charge in [-0.2, -0.15) is 0 Å². The van der Waals surface area contributed by atoms with Crippen molar-refractivity contribution in [2.24, 2.45) is 0 Å². The van der Waals surface area contributed by atoms with Crippen molar-refractivity contribution < 1.29 is 24.5 Å². The number of carbonyl (C=O) groups excluding carboxylic acids is 2. The Labute approximate surface area is 269 Å². The smallest absolute Gasteiger partial charge is 0.301 e. The first-order valence-electron chi connectivity index (χ1n) is 13.3. The second-order valence-electron chi connectivity index (χ2n) is 9.68. The van der Waals surface area contributed by atoms with Crippen molar-refractivity contribution in [2.45, 2.75) is 30.0 Å².